The van der Waals surface area contributed by atoms with Gasteiger partial charge in [0.2, 0.25) is 0 Å². The molecule has 5 heteroatoms. The van der Waals surface area contributed by atoms with Gasteiger partial charge in [0.05, 0.1) is 6.61 Å². The van der Waals surface area contributed by atoms with E-state index in [1.807, 2.05) is 19.1 Å². The molecule has 1 aliphatic rings. The number of nitrogens with one attached hydrogen (secondary N) is 2. The van der Waals surface area contributed by atoms with E-state index in [1.165, 1.54) is 16.7 Å². The van der Waals surface area contributed by atoms with Crippen LogP contribution in [0.3, 0.4) is 0 Å². The van der Waals surface area contributed by atoms with Crippen LogP contribution in [-0.4, -0.2) is 17.8 Å². The van der Waals surface area contributed by atoms with Gasteiger partial charge in [-0.3, -0.25) is 0 Å². The molecule has 2 N–H and O–H groups in total. The Kier molecular flexibility index (Phi) is 5.67. The minimum absolute atomic E-state index is 0.217. The summed E-state index contributed by atoms with van der Waals surface area (Å²) in [5.74, 6) is 1.84. The van der Waals surface area contributed by atoms with E-state index in [0.717, 1.165) is 29.2 Å². The first kappa shape index (κ1) is 18.5. The molecular formula is C21H26N2O2S. The molecular weight excluding hydrogens is 344 g/mol. The van der Waals surface area contributed by atoms with Crippen LogP contribution in [-0.2, 0) is 13.0 Å². The van der Waals surface area contributed by atoms with Crippen molar-refractivity contribution in [3.63, 3.8) is 0 Å². The van der Waals surface area contributed by atoms with E-state index >= 15 is 0 Å². The average molecular weight is 371 g/mol. The van der Waals surface area contributed by atoms with Crippen molar-refractivity contribution in [3.8, 4) is 11.5 Å². The van der Waals surface area contributed by atoms with Crippen molar-refractivity contribution in [2.24, 2.45) is 0 Å². The summed E-state index contributed by atoms with van der Waals surface area (Å²) in [7, 11) is 0. The molecule has 2 aromatic carbocycles. The van der Waals surface area contributed by atoms with E-state index in [-0.39, 0.29) is 6.10 Å². The molecule has 0 saturated carbocycles. The van der Waals surface area contributed by atoms with Crippen LogP contribution >= 0.6 is 12.2 Å². The van der Waals surface area contributed by atoms with Gasteiger partial charge in [-0.15, -0.1) is 0 Å². The number of aryl methyl sites for hydroxylation is 1. The second-order valence-electron chi connectivity index (χ2n) is 6.69. The summed E-state index contributed by atoms with van der Waals surface area (Å²) in [4.78, 5) is 0. The van der Waals surface area contributed by atoms with Crippen molar-refractivity contribution in [1.29, 1.82) is 0 Å². The first-order valence-corrected chi connectivity index (χ1v) is 9.45. The Balaban J connectivity index is 1.70. The van der Waals surface area contributed by atoms with Crippen molar-refractivity contribution >= 4 is 23.0 Å². The van der Waals surface area contributed by atoms with E-state index in [0.29, 0.717) is 18.3 Å². The van der Waals surface area contributed by atoms with Crippen LogP contribution in [0.1, 0.15) is 36.1 Å². The van der Waals surface area contributed by atoms with Gasteiger partial charge < -0.3 is 20.1 Å². The topological polar surface area (TPSA) is 42.5 Å². The summed E-state index contributed by atoms with van der Waals surface area (Å²) in [5.41, 5.74) is 5.72. The van der Waals surface area contributed by atoms with Crippen molar-refractivity contribution in [1.82, 2.24) is 5.32 Å². The fraction of sp³-hybridized carbons (Fsp3) is 0.381. The molecule has 138 valence electrons. The molecule has 26 heavy (non-hydrogen) atoms. The third-order valence-electron chi connectivity index (χ3n) is 4.67. The van der Waals surface area contributed by atoms with Gasteiger partial charge in [-0.25, -0.2) is 0 Å². The molecule has 0 radical (unpaired) electrons. The third-order valence-corrected chi connectivity index (χ3v) is 4.92. The fourth-order valence-electron chi connectivity index (χ4n) is 3.14. The summed E-state index contributed by atoms with van der Waals surface area (Å²) < 4.78 is 11.7. The highest BCUT2D eigenvalue weighted by Gasteiger charge is 2.21. The highest BCUT2D eigenvalue weighted by atomic mass is 32.1. The summed E-state index contributed by atoms with van der Waals surface area (Å²) in [5, 5.41) is 7.15. The van der Waals surface area contributed by atoms with Crippen LogP contribution < -0.4 is 20.1 Å². The van der Waals surface area contributed by atoms with Gasteiger partial charge in [-0.05, 0) is 69.2 Å². The van der Waals surface area contributed by atoms with Crippen LogP contribution in [0.25, 0.3) is 0 Å². The number of benzene rings is 2. The Labute approximate surface area is 160 Å². The van der Waals surface area contributed by atoms with Gasteiger partial charge in [-0.2, -0.15) is 0 Å². The number of thiocarbonyl (C=S) groups is 1. The lowest BCUT2D eigenvalue weighted by Crippen LogP contribution is -2.28. The summed E-state index contributed by atoms with van der Waals surface area (Å²) >= 11 is 5.47. The Hall–Kier alpha value is -2.27. The normalized spacial score (nSPS) is 15.2. The number of rotatable bonds is 5. The van der Waals surface area contributed by atoms with Gasteiger partial charge in [0, 0.05) is 29.8 Å². The molecule has 3 rings (SSSR count). The maximum atomic E-state index is 5.88. The molecule has 0 spiro atoms. The molecule has 1 atom stereocenters. The van der Waals surface area contributed by atoms with Crippen LogP contribution in [0.4, 0.5) is 5.69 Å². The predicted molar refractivity (Wildman–Crippen MR) is 110 cm³/mol. The number of anilines is 1. The van der Waals surface area contributed by atoms with Crippen LogP contribution in [0, 0.1) is 13.8 Å². The van der Waals surface area contributed by atoms with Gasteiger partial charge in [0.25, 0.3) is 0 Å². The van der Waals surface area contributed by atoms with Crippen molar-refractivity contribution < 1.29 is 9.47 Å². The van der Waals surface area contributed by atoms with Crippen molar-refractivity contribution in [3.05, 3.63) is 52.6 Å². The molecule has 0 amide bonds. The van der Waals surface area contributed by atoms with Gasteiger partial charge in [0.1, 0.15) is 17.6 Å². The fourth-order valence-corrected chi connectivity index (χ4v) is 3.32. The zero-order valence-corrected chi connectivity index (χ0v) is 16.6. The molecule has 0 fully saturated rings. The standard InChI is InChI=1S/C21H26N2O2S/c1-5-24-19-10-16-9-14(3)25-20(16)11-17(19)12-22-21(26)23-18-8-6-7-13(2)15(18)4/h6-8,10-11,14H,5,9,12H2,1-4H3,(H2,22,23,26)/t14-/m1/s1. The Morgan fingerprint density at radius 2 is 2.12 bits per heavy atom. The Bertz CT molecular complexity index is 820. The zero-order chi connectivity index (χ0) is 18.7. The maximum Gasteiger partial charge on any atom is 0.171 e. The van der Waals surface area contributed by atoms with E-state index < -0.39 is 0 Å². The number of fused-ring (bicyclic) bond motifs is 1. The zero-order valence-electron chi connectivity index (χ0n) is 15.8. The van der Waals surface area contributed by atoms with E-state index in [4.69, 9.17) is 21.7 Å². The van der Waals surface area contributed by atoms with Gasteiger partial charge in [0.15, 0.2) is 5.11 Å². The number of ether oxygens (including phenoxy) is 2. The Morgan fingerprint density at radius 3 is 2.88 bits per heavy atom. The lowest BCUT2D eigenvalue weighted by molar-refractivity contribution is 0.254. The van der Waals surface area contributed by atoms with Crippen LogP contribution in [0.5, 0.6) is 11.5 Å². The highest BCUT2D eigenvalue weighted by molar-refractivity contribution is 7.80. The molecule has 0 aromatic heterocycles. The number of hydrogen-bond donors (Lipinski definition) is 2. The number of hydrogen-bond acceptors (Lipinski definition) is 3. The summed E-state index contributed by atoms with van der Waals surface area (Å²) in [6.45, 7) is 9.48. The lowest BCUT2D eigenvalue weighted by atomic mass is 10.1. The first-order valence-electron chi connectivity index (χ1n) is 9.04. The molecule has 1 aliphatic heterocycles. The van der Waals surface area contributed by atoms with Gasteiger partial charge in [-0.1, -0.05) is 12.1 Å². The van der Waals surface area contributed by atoms with Crippen molar-refractivity contribution in [2.45, 2.75) is 46.8 Å². The minimum atomic E-state index is 0.217. The van der Waals surface area contributed by atoms with Crippen LogP contribution in [0.15, 0.2) is 30.3 Å². The lowest BCUT2D eigenvalue weighted by Gasteiger charge is -2.16. The first-order chi connectivity index (χ1) is 12.5. The second-order valence-corrected chi connectivity index (χ2v) is 7.10. The molecule has 0 unspecified atom stereocenters. The SMILES string of the molecule is CCOc1cc2c(cc1CNC(=S)Nc1cccc(C)c1C)O[C@H](C)C2. The minimum Gasteiger partial charge on any atom is -0.494 e. The molecule has 1 heterocycles. The monoisotopic (exact) mass is 370 g/mol. The molecule has 0 aliphatic carbocycles. The van der Waals surface area contributed by atoms with Gasteiger partial charge >= 0.3 is 0 Å². The molecule has 4 nitrogen and oxygen atoms in total. The average Bonchev–Trinajstić information content (AvgIpc) is 2.96. The molecule has 0 saturated heterocycles. The second kappa shape index (κ2) is 7.96. The predicted octanol–water partition coefficient (Wildman–Crippen LogP) is 4.51. The third kappa shape index (κ3) is 4.10. The van der Waals surface area contributed by atoms with Crippen LogP contribution in [0.2, 0.25) is 0 Å². The van der Waals surface area contributed by atoms with Crippen molar-refractivity contribution in [2.75, 3.05) is 11.9 Å². The molecule has 0 bridgehead atoms. The Morgan fingerprint density at radius 1 is 1.31 bits per heavy atom. The van der Waals surface area contributed by atoms with E-state index in [2.05, 4.69) is 49.6 Å². The highest BCUT2D eigenvalue weighted by Crippen LogP contribution is 2.35. The molecule has 2 aromatic rings. The van der Waals surface area contributed by atoms with E-state index in [9.17, 15) is 0 Å². The smallest absolute Gasteiger partial charge is 0.171 e. The maximum absolute atomic E-state index is 5.88. The quantitative estimate of drug-likeness (QED) is 0.758. The van der Waals surface area contributed by atoms with E-state index in [1.54, 1.807) is 0 Å². The summed E-state index contributed by atoms with van der Waals surface area (Å²) in [6, 6.07) is 10.3. The summed E-state index contributed by atoms with van der Waals surface area (Å²) in [6.07, 6.45) is 1.14. The largest absolute Gasteiger partial charge is 0.494 e.